The van der Waals surface area contributed by atoms with Gasteiger partial charge in [0, 0.05) is 6.21 Å². The van der Waals surface area contributed by atoms with Gasteiger partial charge >= 0.3 is 0 Å². The Morgan fingerprint density at radius 2 is 2.18 bits per heavy atom. The fourth-order valence-corrected chi connectivity index (χ4v) is 0.456. The normalized spacial score (nSPS) is 14.4. The zero-order valence-corrected chi connectivity index (χ0v) is 7.33. The lowest BCUT2D eigenvalue weighted by atomic mass is 10.1. The second kappa shape index (κ2) is 4.13. The Morgan fingerprint density at radius 1 is 1.64 bits per heavy atom. The SMILES string of the molecule is CC(C=NCC(C)(C)O)=CN. The molecule has 3 heteroatoms. The summed E-state index contributed by atoms with van der Waals surface area (Å²) in [5.74, 6) is 0. The highest BCUT2D eigenvalue weighted by Crippen LogP contribution is 2.00. The molecule has 0 bridgehead atoms. The zero-order valence-electron chi connectivity index (χ0n) is 7.33. The average Bonchev–Trinajstić information content (AvgIpc) is 1.85. The van der Waals surface area contributed by atoms with Crippen LogP contribution in [-0.2, 0) is 0 Å². The number of rotatable bonds is 3. The summed E-state index contributed by atoms with van der Waals surface area (Å²) in [6.45, 7) is 5.68. The molecule has 0 aliphatic heterocycles. The Kier molecular flexibility index (Phi) is 3.82. The van der Waals surface area contributed by atoms with Gasteiger partial charge in [0.2, 0.25) is 0 Å². The van der Waals surface area contributed by atoms with Crippen LogP contribution in [0.4, 0.5) is 0 Å². The standard InChI is InChI=1S/C8H16N2O/c1-7(4-9)5-10-6-8(2,3)11/h4-5,11H,6,9H2,1-3H3. The Labute approximate surface area is 67.6 Å². The molecule has 0 aromatic heterocycles. The highest BCUT2D eigenvalue weighted by Gasteiger charge is 2.09. The summed E-state index contributed by atoms with van der Waals surface area (Å²) in [6.07, 6.45) is 3.13. The number of allylic oxidation sites excluding steroid dienone is 1. The fraction of sp³-hybridized carbons (Fsp3) is 0.625. The third-order valence-corrected chi connectivity index (χ3v) is 1.04. The molecule has 0 saturated carbocycles. The second-order valence-electron chi connectivity index (χ2n) is 3.19. The molecule has 0 aromatic carbocycles. The number of hydrogen-bond acceptors (Lipinski definition) is 3. The molecule has 0 rings (SSSR count). The molecule has 0 saturated heterocycles. The summed E-state index contributed by atoms with van der Waals surface area (Å²) in [6, 6.07) is 0. The molecule has 0 amide bonds. The molecule has 0 aliphatic rings. The van der Waals surface area contributed by atoms with E-state index in [4.69, 9.17) is 5.73 Å². The average molecular weight is 156 g/mol. The van der Waals surface area contributed by atoms with Crippen molar-refractivity contribution in [2.24, 2.45) is 10.7 Å². The van der Waals surface area contributed by atoms with Crippen LogP contribution in [0.5, 0.6) is 0 Å². The maximum atomic E-state index is 9.24. The van der Waals surface area contributed by atoms with E-state index in [1.54, 1.807) is 20.1 Å². The zero-order chi connectivity index (χ0) is 8.91. The van der Waals surface area contributed by atoms with Crippen molar-refractivity contribution in [2.75, 3.05) is 6.54 Å². The molecular formula is C8H16N2O. The Hall–Kier alpha value is -0.830. The van der Waals surface area contributed by atoms with Gasteiger partial charge in [0.15, 0.2) is 0 Å². The van der Waals surface area contributed by atoms with Gasteiger partial charge in [-0.15, -0.1) is 0 Å². The molecule has 64 valence electrons. The molecule has 0 fully saturated rings. The predicted octanol–water partition coefficient (Wildman–Crippen LogP) is 0.691. The van der Waals surface area contributed by atoms with E-state index >= 15 is 0 Å². The van der Waals surface area contributed by atoms with Crippen LogP contribution in [0.3, 0.4) is 0 Å². The van der Waals surface area contributed by atoms with Crippen LogP contribution in [0, 0.1) is 0 Å². The van der Waals surface area contributed by atoms with E-state index in [1.165, 1.54) is 6.20 Å². The molecule has 0 radical (unpaired) electrons. The van der Waals surface area contributed by atoms with E-state index in [9.17, 15) is 5.11 Å². The van der Waals surface area contributed by atoms with E-state index in [2.05, 4.69) is 4.99 Å². The Balaban J connectivity index is 3.79. The fourth-order valence-electron chi connectivity index (χ4n) is 0.456. The monoisotopic (exact) mass is 156 g/mol. The lowest BCUT2D eigenvalue weighted by Gasteiger charge is -2.12. The lowest BCUT2D eigenvalue weighted by Crippen LogP contribution is -2.22. The van der Waals surface area contributed by atoms with Gasteiger partial charge in [0.1, 0.15) is 0 Å². The summed E-state index contributed by atoms with van der Waals surface area (Å²) < 4.78 is 0. The molecule has 0 unspecified atom stereocenters. The van der Waals surface area contributed by atoms with Crippen LogP contribution < -0.4 is 5.73 Å². The lowest BCUT2D eigenvalue weighted by molar-refractivity contribution is 0.0906. The van der Waals surface area contributed by atoms with Crippen LogP contribution in [0.15, 0.2) is 16.8 Å². The second-order valence-corrected chi connectivity index (χ2v) is 3.19. The van der Waals surface area contributed by atoms with Crippen molar-refractivity contribution in [3.8, 4) is 0 Å². The number of hydrogen-bond donors (Lipinski definition) is 2. The molecule has 0 heterocycles. The van der Waals surface area contributed by atoms with Crippen molar-refractivity contribution >= 4 is 6.21 Å². The molecule has 0 aromatic rings. The molecule has 11 heavy (non-hydrogen) atoms. The van der Waals surface area contributed by atoms with Crippen LogP contribution >= 0.6 is 0 Å². The van der Waals surface area contributed by atoms with Gasteiger partial charge in [-0.2, -0.15) is 0 Å². The maximum Gasteiger partial charge on any atom is 0.0786 e. The topological polar surface area (TPSA) is 58.6 Å². The van der Waals surface area contributed by atoms with Crippen molar-refractivity contribution in [3.63, 3.8) is 0 Å². The van der Waals surface area contributed by atoms with Crippen LogP contribution in [0.1, 0.15) is 20.8 Å². The molecule has 0 spiro atoms. The number of aliphatic hydroxyl groups is 1. The van der Waals surface area contributed by atoms with Crippen molar-refractivity contribution in [1.29, 1.82) is 0 Å². The first kappa shape index (κ1) is 10.2. The minimum atomic E-state index is -0.731. The van der Waals surface area contributed by atoms with Crippen molar-refractivity contribution in [1.82, 2.24) is 0 Å². The Morgan fingerprint density at radius 3 is 2.55 bits per heavy atom. The number of nitrogens with zero attached hydrogens (tertiary/aromatic N) is 1. The summed E-state index contributed by atoms with van der Waals surface area (Å²) in [4.78, 5) is 3.99. The van der Waals surface area contributed by atoms with Gasteiger partial charge in [0.25, 0.3) is 0 Å². The van der Waals surface area contributed by atoms with Crippen LogP contribution in [-0.4, -0.2) is 23.5 Å². The van der Waals surface area contributed by atoms with Crippen molar-refractivity contribution in [3.05, 3.63) is 11.8 Å². The molecule has 3 nitrogen and oxygen atoms in total. The summed E-state index contributed by atoms with van der Waals surface area (Å²) in [5.41, 5.74) is 5.37. The minimum absolute atomic E-state index is 0.401. The molecule has 0 atom stereocenters. The first-order valence-corrected chi connectivity index (χ1v) is 3.56. The van der Waals surface area contributed by atoms with Gasteiger partial charge in [-0.1, -0.05) is 0 Å². The third-order valence-electron chi connectivity index (χ3n) is 1.04. The van der Waals surface area contributed by atoms with E-state index in [0.717, 1.165) is 5.57 Å². The van der Waals surface area contributed by atoms with Crippen molar-refractivity contribution < 1.29 is 5.11 Å². The van der Waals surface area contributed by atoms with Gasteiger partial charge in [-0.05, 0) is 32.5 Å². The number of aliphatic imine (C=N–C) groups is 1. The van der Waals surface area contributed by atoms with Crippen molar-refractivity contribution in [2.45, 2.75) is 26.4 Å². The van der Waals surface area contributed by atoms with Crippen LogP contribution in [0.2, 0.25) is 0 Å². The van der Waals surface area contributed by atoms with Gasteiger partial charge in [-0.25, -0.2) is 0 Å². The summed E-state index contributed by atoms with van der Waals surface area (Å²) in [5, 5.41) is 9.24. The van der Waals surface area contributed by atoms with Gasteiger partial charge < -0.3 is 10.8 Å². The third kappa shape index (κ3) is 7.06. The van der Waals surface area contributed by atoms with Gasteiger partial charge in [-0.3, -0.25) is 4.99 Å². The van der Waals surface area contributed by atoms with Gasteiger partial charge in [0.05, 0.1) is 12.1 Å². The van der Waals surface area contributed by atoms with E-state index < -0.39 is 5.60 Å². The predicted molar refractivity (Wildman–Crippen MR) is 47.6 cm³/mol. The van der Waals surface area contributed by atoms with E-state index in [0.29, 0.717) is 6.54 Å². The highest BCUT2D eigenvalue weighted by atomic mass is 16.3. The summed E-state index contributed by atoms with van der Waals surface area (Å²) in [7, 11) is 0. The quantitative estimate of drug-likeness (QED) is 0.591. The first-order chi connectivity index (χ1) is 4.95. The van der Waals surface area contributed by atoms with E-state index in [1.807, 2.05) is 6.92 Å². The number of nitrogens with two attached hydrogens (primary N) is 1. The molecular weight excluding hydrogens is 140 g/mol. The first-order valence-electron chi connectivity index (χ1n) is 3.56. The Bertz CT molecular complexity index is 165. The highest BCUT2D eigenvalue weighted by molar-refractivity contribution is 5.77. The largest absolute Gasteiger partial charge is 0.404 e. The smallest absolute Gasteiger partial charge is 0.0786 e. The molecule has 0 aliphatic carbocycles. The summed E-state index contributed by atoms with van der Waals surface area (Å²) >= 11 is 0. The van der Waals surface area contributed by atoms with E-state index in [-0.39, 0.29) is 0 Å². The molecule has 3 N–H and O–H groups in total. The minimum Gasteiger partial charge on any atom is -0.404 e. The maximum absolute atomic E-state index is 9.24. The van der Waals surface area contributed by atoms with Crippen LogP contribution in [0.25, 0.3) is 0 Å².